The van der Waals surface area contributed by atoms with Crippen molar-refractivity contribution in [2.45, 2.75) is 32.9 Å². The van der Waals surface area contributed by atoms with Crippen LogP contribution in [-0.4, -0.2) is 68.7 Å². The van der Waals surface area contributed by atoms with Gasteiger partial charge in [0.2, 0.25) is 6.41 Å². The molecular formula is C38H40BrFN4O5. The van der Waals surface area contributed by atoms with Gasteiger partial charge < -0.3 is 29.5 Å². The molecule has 1 heterocycles. The maximum atomic E-state index is 13.7. The summed E-state index contributed by atoms with van der Waals surface area (Å²) in [7, 11) is 0. The van der Waals surface area contributed by atoms with Crippen molar-refractivity contribution in [3.8, 4) is 16.9 Å². The maximum absolute atomic E-state index is 13.7. The Morgan fingerprint density at radius 3 is 2.51 bits per heavy atom. The number of halogens is 2. The van der Waals surface area contributed by atoms with Crippen molar-refractivity contribution in [1.29, 1.82) is 0 Å². The standard InChI is InChI=1S/C38H40BrFN4O5/c1-3-30-24-42(37(46)32-16-15-29(40)23-33(32)39)20-21-44(30)34-17-14-28(31-12-8-9-13-36(31)48-4-2)22-35(34)43(26-45)19-18-41-38(47)49-25-27-10-6-5-7-11-27/h5-17,22-23,26,30H,3-4,18-21,24-25H2,1-2H3,(H,41,47)/t30-/m1/s1. The fourth-order valence-corrected chi connectivity index (χ4v) is 6.49. The van der Waals surface area contributed by atoms with Gasteiger partial charge in [-0.25, -0.2) is 9.18 Å². The number of nitrogens with zero attached hydrogens (tertiary/aromatic N) is 3. The molecule has 0 spiro atoms. The van der Waals surface area contributed by atoms with Gasteiger partial charge >= 0.3 is 6.09 Å². The lowest BCUT2D eigenvalue weighted by molar-refractivity contribution is -0.107. The predicted molar refractivity (Wildman–Crippen MR) is 193 cm³/mol. The van der Waals surface area contributed by atoms with Crippen LogP contribution in [0.1, 0.15) is 36.2 Å². The lowest BCUT2D eigenvalue weighted by atomic mass is 10.0. The van der Waals surface area contributed by atoms with E-state index < -0.39 is 11.9 Å². The highest BCUT2D eigenvalue weighted by molar-refractivity contribution is 9.10. The molecule has 1 fully saturated rings. The normalized spacial score (nSPS) is 14.2. The monoisotopic (exact) mass is 730 g/mol. The van der Waals surface area contributed by atoms with Gasteiger partial charge in [-0.2, -0.15) is 0 Å². The fraction of sp³-hybridized carbons (Fsp3) is 0.289. The van der Waals surface area contributed by atoms with Crippen LogP contribution >= 0.6 is 15.9 Å². The molecule has 0 radical (unpaired) electrons. The minimum absolute atomic E-state index is 0.0585. The number of piperazine rings is 1. The molecule has 4 aromatic rings. The Balaban J connectivity index is 1.39. The van der Waals surface area contributed by atoms with E-state index in [0.717, 1.165) is 41.0 Å². The van der Waals surface area contributed by atoms with Crippen LogP contribution in [0.25, 0.3) is 11.1 Å². The molecular weight excluding hydrogens is 691 g/mol. The largest absolute Gasteiger partial charge is 0.493 e. The number of benzene rings is 4. The molecule has 0 aliphatic carbocycles. The number of anilines is 2. The summed E-state index contributed by atoms with van der Waals surface area (Å²) in [5.41, 5.74) is 4.53. The molecule has 49 heavy (non-hydrogen) atoms. The van der Waals surface area contributed by atoms with Crippen molar-refractivity contribution in [1.82, 2.24) is 10.2 Å². The Hall–Kier alpha value is -4.90. The zero-order chi connectivity index (χ0) is 34.8. The summed E-state index contributed by atoms with van der Waals surface area (Å²) in [4.78, 5) is 44.3. The van der Waals surface area contributed by atoms with Crippen molar-refractivity contribution >= 4 is 45.7 Å². The van der Waals surface area contributed by atoms with Crippen LogP contribution in [0.5, 0.6) is 5.75 Å². The Morgan fingerprint density at radius 1 is 1.00 bits per heavy atom. The molecule has 9 nitrogen and oxygen atoms in total. The Morgan fingerprint density at radius 2 is 1.78 bits per heavy atom. The molecule has 3 amide bonds. The quantitative estimate of drug-likeness (QED) is 0.146. The third-order valence-corrected chi connectivity index (χ3v) is 9.11. The van der Waals surface area contributed by atoms with Crippen LogP contribution in [-0.2, 0) is 16.1 Å². The summed E-state index contributed by atoms with van der Waals surface area (Å²) in [6, 6.07) is 27.2. The summed E-state index contributed by atoms with van der Waals surface area (Å²) < 4.78 is 25.4. The summed E-state index contributed by atoms with van der Waals surface area (Å²) in [6.07, 6.45) is 0.924. The zero-order valence-electron chi connectivity index (χ0n) is 27.6. The molecule has 0 saturated carbocycles. The first-order valence-corrected chi connectivity index (χ1v) is 17.2. The molecule has 1 saturated heterocycles. The van der Waals surface area contributed by atoms with E-state index in [1.165, 1.54) is 18.2 Å². The minimum atomic E-state index is -0.575. The van der Waals surface area contributed by atoms with Crippen LogP contribution < -0.4 is 19.9 Å². The smallest absolute Gasteiger partial charge is 0.407 e. The highest BCUT2D eigenvalue weighted by Crippen LogP contribution is 2.39. The van der Waals surface area contributed by atoms with Gasteiger partial charge in [-0.3, -0.25) is 9.59 Å². The number of nitrogens with one attached hydrogen (secondary N) is 1. The molecule has 4 aromatic carbocycles. The molecule has 1 aliphatic rings. The minimum Gasteiger partial charge on any atom is -0.493 e. The molecule has 1 aliphatic heterocycles. The summed E-state index contributed by atoms with van der Waals surface area (Å²) in [5, 5.41) is 2.75. The summed E-state index contributed by atoms with van der Waals surface area (Å²) in [5.74, 6) is 0.140. The van der Waals surface area contributed by atoms with Gasteiger partial charge in [0.25, 0.3) is 5.91 Å². The average Bonchev–Trinajstić information content (AvgIpc) is 3.12. The number of para-hydroxylation sites is 1. The van der Waals surface area contributed by atoms with E-state index in [1.807, 2.05) is 79.7 Å². The Bertz CT molecular complexity index is 1760. The number of carbonyl (C=O) groups is 3. The van der Waals surface area contributed by atoms with Gasteiger partial charge in [0.05, 0.1) is 23.5 Å². The third-order valence-electron chi connectivity index (χ3n) is 8.46. The SMILES string of the molecule is CCOc1ccccc1-c1ccc(N2CCN(C(=O)c3ccc(F)cc3Br)C[C@H]2CC)c(N(C=O)CCNC(=O)OCc2ccccc2)c1. The first-order valence-electron chi connectivity index (χ1n) is 16.4. The molecule has 0 bridgehead atoms. The number of hydrogen-bond acceptors (Lipinski definition) is 6. The lowest BCUT2D eigenvalue weighted by Crippen LogP contribution is -2.55. The van der Waals surface area contributed by atoms with E-state index >= 15 is 0 Å². The maximum Gasteiger partial charge on any atom is 0.407 e. The molecule has 1 atom stereocenters. The highest BCUT2D eigenvalue weighted by Gasteiger charge is 2.32. The first-order chi connectivity index (χ1) is 23.8. The second-order valence-electron chi connectivity index (χ2n) is 11.6. The average molecular weight is 732 g/mol. The number of carbonyl (C=O) groups excluding carboxylic acids is 3. The topological polar surface area (TPSA) is 91.4 Å². The van der Waals surface area contributed by atoms with E-state index in [1.54, 1.807) is 9.80 Å². The highest BCUT2D eigenvalue weighted by atomic mass is 79.9. The van der Waals surface area contributed by atoms with Crippen molar-refractivity contribution in [3.63, 3.8) is 0 Å². The Kier molecular flexibility index (Phi) is 12.3. The van der Waals surface area contributed by atoms with Gasteiger partial charge in [0.15, 0.2) is 0 Å². The van der Waals surface area contributed by atoms with Gasteiger partial charge in [0, 0.05) is 48.8 Å². The lowest BCUT2D eigenvalue weighted by Gasteiger charge is -2.44. The predicted octanol–water partition coefficient (Wildman–Crippen LogP) is 7.28. The van der Waals surface area contributed by atoms with Crippen molar-refractivity contribution < 1.29 is 28.2 Å². The zero-order valence-corrected chi connectivity index (χ0v) is 29.2. The second-order valence-corrected chi connectivity index (χ2v) is 12.4. The number of amides is 3. The van der Waals surface area contributed by atoms with Crippen molar-refractivity contribution in [2.75, 3.05) is 49.1 Å². The molecule has 5 rings (SSSR count). The van der Waals surface area contributed by atoms with Gasteiger partial charge in [-0.1, -0.05) is 61.5 Å². The van der Waals surface area contributed by atoms with Crippen LogP contribution in [0.2, 0.25) is 0 Å². The van der Waals surface area contributed by atoms with Crippen LogP contribution in [0.3, 0.4) is 0 Å². The molecule has 0 aromatic heterocycles. The second kappa shape index (κ2) is 17.0. The van der Waals surface area contributed by atoms with Crippen LogP contribution in [0.15, 0.2) is 95.5 Å². The van der Waals surface area contributed by atoms with Gasteiger partial charge in [-0.15, -0.1) is 0 Å². The number of ether oxygens (including phenoxy) is 2. The van der Waals surface area contributed by atoms with Crippen LogP contribution in [0.4, 0.5) is 20.6 Å². The van der Waals surface area contributed by atoms with E-state index in [2.05, 4.69) is 33.1 Å². The van der Waals surface area contributed by atoms with Crippen LogP contribution in [0, 0.1) is 5.82 Å². The summed E-state index contributed by atoms with van der Waals surface area (Å²) in [6.45, 7) is 6.40. The summed E-state index contributed by atoms with van der Waals surface area (Å²) >= 11 is 3.34. The number of alkyl carbamates (subject to hydrolysis) is 1. The third kappa shape index (κ3) is 8.77. The first kappa shape index (κ1) is 35.4. The molecule has 1 N–H and O–H groups in total. The van der Waals surface area contributed by atoms with Gasteiger partial charge in [0.1, 0.15) is 18.2 Å². The van der Waals surface area contributed by atoms with E-state index in [0.29, 0.717) is 42.0 Å². The van der Waals surface area contributed by atoms with E-state index in [9.17, 15) is 18.8 Å². The molecule has 0 unspecified atom stereocenters. The van der Waals surface area contributed by atoms with Crippen molar-refractivity contribution in [2.24, 2.45) is 0 Å². The van der Waals surface area contributed by atoms with E-state index in [-0.39, 0.29) is 31.6 Å². The molecule has 256 valence electrons. The fourth-order valence-electron chi connectivity index (χ4n) is 5.97. The van der Waals surface area contributed by atoms with Gasteiger partial charge in [-0.05, 0) is 76.8 Å². The number of hydrogen-bond donors (Lipinski definition) is 1. The van der Waals surface area contributed by atoms with E-state index in [4.69, 9.17) is 9.47 Å². The Labute approximate surface area is 294 Å². The van der Waals surface area contributed by atoms with Crippen molar-refractivity contribution in [3.05, 3.63) is 112 Å². The number of rotatable bonds is 13. The molecule has 11 heteroatoms.